The van der Waals surface area contributed by atoms with Gasteiger partial charge in [0.1, 0.15) is 0 Å². The summed E-state index contributed by atoms with van der Waals surface area (Å²) in [5.41, 5.74) is 0. The first-order valence-corrected chi connectivity index (χ1v) is 5.85. The second-order valence-electron chi connectivity index (χ2n) is 4.43. The molecule has 2 aliphatic rings. The van der Waals surface area contributed by atoms with E-state index in [1.807, 2.05) is 6.92 Å². The standard InChI is InChI=1S/C11H18N2O3/c1-3-13-7-6-9(12(2)11(13)15)16-10(14)8-4-5-8/h8-9H,3-7H2,1-2H3. The van der Waals surface area contributed by atoms with Crippen LogP contribution in [0.3, 0.4) is 0 Å². The molecule has 1 aliphatic heterocycles. The highest BCUT2D eigenvalue weighted by Gasteiger charge is 2.37. The van der Waals surface area contributed by atoms with Crippen LogP contribution >= 0.6 is 0 Å². The zero-order chi connectivity index (χ0) is 11.7. The van der Waals surface area contributed by atoms with Gasteiger partial charge in [-0.25, -0.2) is 4.79 Å². The number of amides is 2. The van der Waals surface area contributed by atoms with Crippen molar-refractivity contribution in [2.24, 2.45) is 5.92 Å². The molecule has 16 heavy (non-hydrogen) atoms. The number of rotatable bonds is 3. The molecular weight excluding hydrogens is 208 g/mol. The SMILES string of the molecule is CCN1CCC(OC(=O)C2CC2)N(C)C1=O. The van der Waals surface area contributed by atoms with Crippen molar-refractivity contribution < 1.29 is 14.3 Å². The quantitative estimate of drug-likeness (QED) is 0.676. The highest BCUT2D eigenvalue weighted by molar-refractivity contribution is 5.77. The predicted octanol–water partition coefficient (Wildman–Crippen LogP) is 1.04. The van der Waals surface area contributed by atoms with E-state index >= 15 is 0 Å². The summed E-state index contributed by atoms with van der Waals surface area (Å²) in [6, 6.07) is -0.0534. The zero-order valence-corrected chi connectivity index (χ0v) is 9.81. The number of ether oxygens (including phenoxy) is 1. The van der Waals surface area contributed by atoms with E-state index in [0.29, 0.717) is 19.5 Å². The van der Waals surface area contributed by atoms with Gasteiger partial charge in [-0.05, 0) is 19.8 Å². The molecule has 0 radical (unpaired) electrons. The van der Waals surface area contributed by atoms with Crippen LogP contribution in [0.4, 0.5) is 4.79 Å². The molecule has 2 amide bonds. The van der Waals surface area contributed by atoms with Gasteiger partial charge in [0.05, 0.1) is 5.92 Å². The van der Waals surface area contributed by atoms with Crippen LogP contribution in [0.1, 0.15) is 26.2 Å². The second-order valence-corrected chi connectivity index (χ2v) is 4.43. The van der Waals surface area contributed by atoms with Gasteiger partial charge >= 0.3 is 12.0 Å². The second kappa shape index (κ2) is 4.31. The third-order valence-corrected chi connectivity index (χ3v) is 3.19. The summed E-state index contributed by atoms with van der Waals surface area (Å²) >= 11 is 0. The molecule has 90 valence electrons. The Hall–Kier alpha value is -1.26. The molecule has 2 rings (SSSR count). The van der Waals surface area contributed by atoms with Crippen LogP contribution in [-0.4, -0.2) is 48.2 Å². The maximum atomic E-state index is 11.8. The summed E-state index contributed by atoms with van der Waals surface area (Å²) in [5.74, 6) is -0.0534. The zero-order valence-electron chi connectivity index (χ0n) is 9.81. The first-order valence-electron chi connectivity index (χ1n) is 5.85. The van der Waals surface area contributed by atoms with Gasteiger partial charge in [-0.3, -0.25) is 9.69 Å². The van der Waals surface area contributed by atoms with Gasteiger partial charge in [-0.2, -0.15) is 0 Å². The number of nitrogens with zero attached hydrogens (tertiary/aromatic N) is 2. The van der Waals surface area contributed by atoms with Crippen LogP contribution in [-0.2, 0) is 9.53 Å². The van der Waals surface area contributed by atoms with Crippen molar-refractivity contribution in [2.45, 2.75) is 32.4 Å². The van der Waals surface area contributed by atoms with E-state index in [1.165, 1.54) is 4.90 Å². The Morgan fingerprint density at radius 1 is 1.44 bits per heavy atom. The number of carbonyl (C=O) groups is 2. The lowest BCUT2D eigenvalue weighted by Crippen LogP contribution is -2.53. The van der Waals surface area contributed by atoms with E-state index in [9.17, 15) is 9.59 Å². The Balaban J connectivity index is 1.91. The van der Waals surface area contributed by atoms with Crippen molar-refractivity contribution in [3.8, 4) is 0 Å². The lowest BCUT2D eigenvalue weighted by Gasteiger charge is -2.38. The minimum atomic E-state index is -0.372. The largest absolute Gasteiger partial charge is 0.441 e. The van der Waals surface area contributed by atoms with Crippen LogP contribution in [0.5, 0.6) is 0 Å². The minimum Gasteiger partial charge on any atom is -0.441 e. The van der Waals surface area contributed by atoms with E-state index in [2.05, 4.69) is 0 Å². The maximum absolute atomic E-state index is 11.8. The summed E-state index contributed by atoms with van der Waals surface area (Å²) in [4.78, 5) is 26.6. The summed E-state index contributed by atoms with van der Waals surface area (Å²) < 4.78 is 5.33. The van der Waals surface area contributed by atoms with Gasteiger partial charge in [-0.1, -0.05) is 0 Å². The van der Waals surface area contributed by atoms with E-state index < -0.39 is 0 Å². The molecule has 1 saturated heterocycles. The third kappa shape index (κ3) is 2.13. The molecule has 1 saturated carbocycles. The van der Waals surface area contributed by atoms with Crippen molar-refractivity contribution in [3.05, 3.63) is 0 Å². The number of hydrogen-bond acceptors (Lipinski definition) is 3. The van der Waals surface area contributed by atoms with Gasteiger partial charge in [0, 0.05) is 26.6 Å². The Morgan fingerprint density at radius 3 is 2.69 bits per heavy atom. The van der Waals surface area contributed by atoms with Crippen LogP contribution in [0.2, 0.25) is 0 Å². The van der Waals surface area contributed by atoms with Crippen molar-refractivity contribution in [3.63, 3.8) is 0 Å². The highest BCUT2D eigenvalue weighted by Crippen LogP contribution is 2.31. The summed E-state index contributed by atoms with van der Waals surface area (Å²) in [7, 11) is 1.69. The average Bonchev–Trinajstić information content (AvgIpc) is 3.09. The monoisotopic (exact) mass is 226 g/mol. The van der Waals surface area contributed by atoms with Gasteiger partial charge in [0.15, 0.2) is 6.23 Å². The van der Waals surface area contributed by atoms with Crippen molar-refractivity contribution in [2.75, 3.05) is 20.1 Å². The Kier molecular flexibility index (Phi) is 3.03. The lowest BCUT2D eigenvalue weighted by molar-refractivity contribution is -0.160. The first kappa shape index (κ1) is 11.2. The molecule has 0 N–H and O–H groups in total. The molecule has 0 spiro atoms. The molecule has 0 bridgehead atoms. The number of carbonyl (C=O) groups excluding carboxylic acids is 2. The van der Waals surface area contributed by atoms with Crippen LogP contribution in [0, 0.1) is 5.92 Å². The van der Waals surface area contributed by atoms with Crippen LogP contribution < -0.4 is 0 Å². The molecule has 2 fully saturated rings. The average molecular weight is 226 g/mol. The molecule has 0 aromatic heterocycles. The minimum absolute atomic E-state index is 0.0534. The first-order chi connectivity index (χ1) is 7.63. The smallest absolute Gasteiger partial charge is 0.322 e. The number of urea groups is 1. The van der Waals surface area contributed by atoms with Crippen LogP contribution in [0.25, 0.3) is 0 Å². The van der Waals surface area contributed by atoms with E-state index in [-0.39, 0.29) is 24.1 Å². The van der Waals surface area contributed by atoms with Crippen molar-refractivity contribution >= 4 is 12.0 Å². The fraction of sp³-hybridized carbons (Fsp3) is 0.818. The molecule has 1 atom stereocenters. The molecule has 1 heterocycles. The van der Waals surface area contributed by atoms with Gasteiger partial charge in [-0.15, -0.1) is 0 Å². The fourth-order valence-corrected chi connectivity index (χ4v) is 1.88. The maximum Gasteiger partial charge on any atom is 0.322 e. The molecular formula is C11H18N2O3. The Labute approximate surface area is 95.3 Å². The molecule has 0 aromatic rings. The summed E-state index contributed by atoms with van der Waals surface area (Å²) in [6.45, 7) is 3.32. The summed E-state index contributed by atoms with van der Waals surface area (Å²) in [6.07, 6.45) is 2.20. The third-order valence-electron chi connectivity index (χ3n) is 3.19. The van der Waals surface area contributed by atoms with Crippen molar-refractivity contribution in [1.29, 1.82) is 0 Å². The topological polar surface area (TPSA) is 49.9 Å². The Morgan fingerprint density at radius 2 is 2.12 bits per heavy atom. The van der Waals surface area contributed by atoms with Gasteiger partial charge in [0.2, 0.25) is 0 Å². The Bertz CT molecular complexity index is 302. The van der Waals surface area contributed by atoms with E-state index in [0.717, 1.165) is 12.8 Å². The van der Waals surface area contributed by atoms with E-state index in [1.54, 1.807) is 11.9 Å². The van der Waals surface area contributed by atoms with Crippen molar-refractivity contribution in [1.82, 2.24) is 9.80 Å². The highest BCUT2D eigenvalue weighted by atomic mass is 16.6. The van der Waals surface area contributed by atoms with Crippen LogP contribution in [0.15, 0.2) is 0 Å². The lowest BCUT2D eigenvalue weighted by atomic mass is 10.2. The molecule has 0 aromatic carbocycles. The van der Waals surface area contributed by atoms with Gasteiger partial charge in [0.25, 0.3) is 0 Å². The molecule has 1 unspecified atom stereocenters. The number of esters is 1. The predicted molar refractivity (Wildman–Crippen MR) is 57.6 cm³/mol. The normalized spacial score (nSPS) is 25.9. The van der Waals surface area contributed by atoms with Gasteiger partial charge < -0.3 is 9.64 Å². The fourth-order valence-electron chi connectivity index (χ4n) is 1.88. The molecule has 5 heteroatoms. The van der Waals surface area contributed by atoms with E-state index in [4.69, 9.17) is 4.74 Å². The number of hydrogen-bond donors (Lipinski definition) is 0. The molecule has 1 aliphatic carbocycles. The molecule has 5 nitrogen and oxygen atoms in total. The summed E-state index contributed by atoms with van der Waals surface area (Å²) in [5, 5.41) is 0.